The molecule has 0 aromatic heterocycles. The second kappa shape index (κ2) is 12.4. The molecule has 1 unspecified atom stereocenters. The molecule has 0 saturated carbocycles. The second-order valence-electron chi connectivity index (χ2n) is 10.2. The average molecular weight is 591 g/mol. The summed E-state index contributed by atoms with van der Waals surface area (Å²) < 4.78 is 28.8. The number of hydrogen-bond acceptors (Lipinski definition) is 4. The van der Waals surface area contributed by atoms with Crippen LogP contribution < -0.4 is 9.62 Å². The number of anilines is 1. The van der Waals surface area contributed by atoms with Crippen LogP contribution in [0.1, 0.15) is 38.8 Å². The predicted molar refractivity (Wildman–Crippen MR) is 157 cm³/mol. The molecule has 2 amide bonds. The van der Waals surface area contributed by atoms with Gasteiger partial charge in [-0.2, -0.15) is 0 Å². The first kappa shape index (κ1) is 30.5. The Hall–Kier alpha value is -3.07. The summed E-state index contributed by atoms with van der Waals surface area (Å²) >= 11 is 12.7. The largest absolute Gasteiger partial charge is 0.350 e. The van der Waals surface area contributed by atoms with Crippen molar-refractivity contribution in [3.8, 4) is 0 Å². The van der Waals surface area contributed by atoms with E-state index in [1.165, 1.54) is 17.0 Å². The maximum absolute atomic E-state index is 14.0. The van der Waals surface area contributed by atoms with E-state index in [0.717, 1.165) is 4.31 Å². The molecule has 0 saturated heterocycles. The number of sulfonamides is 1. The first-order valence-electron chi connectivity index (χ1n) is 12.4. The SMILES string of the molecule is Cc1c(Cl)cccc1N(CC(=O)N(Cc1ccccc1Cl)C(C)C(=O)NC(C)(C)C)S(=O)(=O)c1ccccc1. The summed E-state index contributed by atoms with van der Waals surface area (Å²) in [7, 11) is -4.18. The number of halogens is 2. The standard InChI is InChI=1S/C29H33Cl2N3O4S/c1-20-24(30)16-11-17-26(20)34(39(37,38)23-13-7-6-8-14-23)19-27(35)33(18-22-12-9-10-15-25(22)31)21(2)28(36)32-29(3,4)5/h6-17,21H,18-19H2,1-5H3,(H,32,36). The molecule has 1 atom stereocenters. The van der Waals surface area contributed by atoms with E-state index in [4.69, 9.17) is 23.2 Å². The zero-order valence-corrected chi connectivity index (χ0v) is 24.9. The zero-order valence-electron chi connectivity index (χ0n) is 22.6. The van der Waals surface area contributed by atoms with Gasteiger partial charge in [0.2, 0.25) is 11.8 Å². The molecule has 3 rings (SSSR count). The van der Waals surface area contributed by atoms with Crippen LogP contribution in [0.5, 0.6) is 0 Å². The molecule has 3 aromatic rings. The van der Waals surface area contributed by atoms with Gasteiger partial charge < -0.3 is 10.2 Å². The van der Waals surface area contributed by atoms with E-state index in [1.807, 2.05) is 20.8 Å². The first-order chi connectivity index (χ1) is 18.2. The van der Waals surface area contributed by atoms with Crippen LogP contribution in [0.25, 0.3) is 0 Å². The van der Waals surface area contributed by atoms with Crippen molar-refractivity contribution in [2.45, 2.75) is 57.6 Å². The third-order valence-corrected chi connectivity index (χ3v) is 8.63. The maximum atomic E-state index is 14.0. The average Bonchev–Trinajstić information content (AvgIpc) is 2.87. The van der Waals surface area contributed by atoms with Crippen molar-refractivity contribution < 1.29 is 18.0 Å². The minimum Gasteiger partial charge on any atom is -0.350 e. The summed E-state index contributed by atoms with van der Waals surface area (Å²) in [6.07, 6.45) is 0. The fourth-order valence-corrected chi connectivity index (χ4v) is 5.82. The van der Waals surface area contributed by atoms with Gasteiger partial charge in [-0.25, -0.2) is 8.42 Å². The van der Waals surface area contributed by atoms with E-state index in [0.29, 0.717) is 21.2 Å². The number of amides is 2. The highest BCUT2D eigenvalue weighted by atomic mass is 35.5. The van der Waals surface area contributed by atoms with Crippen LogP contribution >= 0.6 is 23.2 Å². The van der Waals surface area contributed by atoms with Crippen molar-refractivity contribution in [1.29, 1.82) is 0 Å². The second-order valence-corrected chi connectivity index (χ2v) is 12.9. The van der Waals surface area contributed by atoms with Gasteiger partial charge in [0, 0.05) is 22.1 Å². The minimum atomic E-state index is -4.18. The molecule has 1 N–H and O–H groups in total. The molecule has 3 aromatic carbocycles. The highest BCUT2D eigenvalue weighted by molar-refractivity contribution is 7.92. The van der Waals surface area contributed by atoms with Crippen LogP contribution in [0.15, 0.2) is 77.7 Å². The molecule has 0 aliphatic carbocycles. The molecule has 0 bridgehead atoms. The van der Waals surface area contributed by atoms with Crippen molar-refractivity contribution in [2.75, 3.05) is 10.8 Å². The van der Waals surface area contributed by atoms with Crippen LogP contribution in [0.3, 0.4) is 0 Å². The number of benzene rings is 3. The summed E-state index contributed by atoms with van der Waals surface area (Å²) in [5.74, 6) is -0.954. The van der Waals surface area contributed by atoms with Gasteiger partial charge in [-0.1, -0.05) is 65.7 Å². The number of carbonyl (C=O) groups excluding carboxylic acids is 2. The summed E-state index contributed by atoms with van der Waals surface area (Å²) in [4.78, 5) is 28.5. The molecular weight excluding hydrogens is 557 g/mol. The third-order valence-electron chi connectivity index (χ3n) is 6.08. The van der Waals surface area contributed by atoms with E-state index < -0.39 is 34.1 Å². The smallest absolute Gasteiger partial charge is 0.264 e. The maximum Gasteiger partial charge on any atom is 0.264 e. The summed E-state index contributed by atoms with van der Waals surface area (Å²) in [5.41, 5.74) is 0.858. The van der Waals surface area contributed by atoms with E-state index in [9.17, 15) is 18.0 Å². The fourth-order valence-electron chi connectivity index (χ4n) is 3.97. The van der Waals surface area contributed by atoms with Crippen molar-refractivity contribution in [3.05, 3.63) is 94.0 Å². The molecule has 0 fully saturated rings. The van der Waals surface area contributed by atoms with Crippen LogP contribution in [0.4, 0.5) is 5.69 Å². The lowest BCUT2D eigenvalue weighted by Gasteiger charge is -2.34. The molecule has 10 heteroatoms. The Kier molecular flexibility index (Phi) is 9.69. The number of nitrogens with one attached hydrogen (secondary N) is 1. The number of nitrogens with zero attached hydrogens (tertiary/aromatic N) is 2. The van der Waals surface area contributed by atoms with Gasteiger partial charge in [-0.3, -0.25) is 13.9 Å². The topological polar surface area (TPSA) is 86.8 Å². The van der Waals surface area contributed by atoms with E-state index in [2.05, 4.69) is 5.32 Å². The van der Waals surface area contributed by atoms with Crippen molar-refractivity contribution in [2.24, 2.45) is 0 Å². The normalized spacial score (nSPS) is 12.5. The van der Waals surface area contributed by atoms with Crippen LogP contribution in [0, 0.1) is 6.92 Å². The molecule has 208 valence electrons. The van der Waals surface area contributed by atoms with E-state index >= 15 is 0 Å². The van der Waals surface area contributed by atoms with E-state index in [1.54, 1.807) is 74.5 Å². The molecule has 0 aliphatic rings. The summed E-state index contributed by atoms with van der Waals surface area (Å²) in [6, 6.07) is 18.8. The van der Waals surface area contributed by atoms with Gasteiger partial charge in [0.15, 0.2) is 0 Å². The fraction of sp³-hybridized carbons (Fsp3) is 0.310. The Balaban J connectivity index is 2.08. The van der Waals surface area contributed by atoms with Crippen LogP contribution in [-0.4, -0.2) is 43.3 Å². The van der Waals surface area contributed by atoms with E-state index in [-0.39, 0.29) is 23.0 Å². The lowest BCUT2D eigenvalue weighted by molar-refractivity contribution is -0.140. The van der Waals surface area contributed by atoms with Crippen LogP contribution in [-0.2, 0) is 26.2 Å². The minimum absolute atomic E-state index is 0.00495. The Morgan fingerprint density at radius 1 is 0.897 bits per heavy atom. The van der Waals surface area contributed by atoms with Crippen molar-refractivity contribution in [1.82, 2.24) is 10.2 Å². The molecule has 7 nitrogen and oxygen atoms in total. The molecule has 0 heterocycles. The number of hydrogen-bond donors (Lipinski definition) is 1. The van der Waals surface area contributed by atoms with Gasteiger partial charge in [0.1, 0.15) is 12.6 Å². The summed E-state index contributed by atoms with van der Waals surface area (Å²) in [6.45, 7) is 8.27. The highest BCUT2D eigenvalue weighted by Gasteiger charge is 2.34. The lowest BCUT2D eigenvalue weighted by Crippen LogP contribution is -2.54. The Labute approximate surface area is 240 Å². The highest BCUT2D eigenvalue weighted by Crippen LogP contribution is 2.31. The summed E-state index contributed by atoms with van der Waals surface area (Å²) in [5, 5.41) is 3.69. The molecule has 0 radical (unpaired) electrons. The first-order valence-corrected chi connectivity index (χ1v) is 14.6. The Bertz CT molecular complexity index is 1440. The van der Waals surface area contributed by atoms with Gasteiger partial charge in [0.25, 0.3) is 10.0 Å². The predicted octanol–water partition coefficient (Wildman–Crippen LogP) is 5.83. The van der Waals surface area contributed by atoms with Gasteiger partial charge in [-0.15, -0.1) is 0 Å². The monoisotopic (exact) mass is 589 g/mol. The zero-order chi connectivity index (χ0) is 29.0. The lowest BCUT2D eigenvalue weighted by atomic mass is 10.1. The molecule has 0 spiro atoms. The van der Waals surface area contributed by atoms with Crippen LogP contribution in [0.2, 0.25) is 10.0 Å². The Morgan fingerprint density at radius 2 is 1.49 bits per heavy atom. The third kappa shape index (κ3) is 7.53. The van der Waals surface area contributed by atoms with Gasteiger partial charge >= 0.3 is 0 Å². The van der Waals surface area contributed by atoms with Gasteiger partial charge in [-0.05, 0) is 76.1 Å². The van der Waals surface area contributed by atoms with Gasteiger partial charge in [0.05, 0.1) is 10.6 Å². The Morgan fingerprint density at radius 3 is 2.10 bits per heavy atom. The molecule has 39 heavy (non-hydrogen) atoms. The number of carbonyl (C=O) groups is 2. The molecular formula is C29H33Cl2N3O4S. The van der Waals surface area contributed by atoms with Crippen molar-refractivity contribution in [3.63, 3.8) is 0 Å². The number of rotatable bonds is 9. The quantitative estimate of drug-likeness (QED) is 0.340. The molecule has 0 aliphatic heterocycles. The van der Waals surface area contributed by atoms with Crippen molar-refractivity contribution >= 4 is 50.7 Å².